The molecule has 1 rings (SSSR count). The average molecular weight is 186 g/mol. The van der Waals surface area contributed by atoms with Gasteiger partial charge in [-0.3, -0.25) is 4.79 Å². The molecular formula is C10H18O3. The van der Waals surface area contributed by atoms with Gasteiger partial charge in [-0.15, -0.1) is 0 Å². The van der Waals surface area contributed by atoms with Crippen molar-refractivity contribution in [2.24, 2.45) is 5.92 Å². The fourth-order valence-corrected chi connectivity index (χ4v) is 1.75. The summed E-state index contributed by atoms with van der Waals surface area (Å²) in [7, 11) is 1.56. The van der Waals surface area contributed by atoms with E-state index in [1.54, 1.807) is 7.11 Å². The van der Waals surface area contributed by atoms with E-state index in [0.717, 1.165) is 19.4 Å². The normalized spacial score (nSPS) is 26.9. The Kier molecular flexibility index (Phi) is 4.39. The molecule has 0 aromatic carbocycles. The lowest BCUT2D eigenvalue weighted by atomic mass is 9.79. The van der Waals surface area contributed by atoms with Crippen molar-refractivity contribution in [3.05, 3.63) is 0 Å². The first-order valence-electron chi connectivity index (χ1n) is 4.88. The van der Waals surface area contributed by atoms with E-state index in [2.05, 4.69) is 0 Å². The van der Waals surface area contributed by atoms with E-state index in [1.165, 1.54) is 0 Å². The fourth-order valence-electron chi connectivity index (χ4n) is 1.75. The van der Waals surface area contributed by atoms with Crippen LogP contribution in [0.5, 0.6) is 0 Å². The van der Waals surface area contributed by atoms with Gasteiger partial charge in [-0.1, -0.05) is 0 Å². The molecule has 0 heterocycles. The predicted molar refractivity (Wildman–Crippen MR) is 49.6 cm³/mol. The summed E-state index contributed by atoms with van der Waals surface area (Å²) in [5.41, 5.74) is 0. The molecule has 0 aromatic rings. The second kappa shape index (κ2) is 5.35. The Bertz CT molecular complexity index is 162. The van der Waals surface area contributed by atoms with Gasteiger partial charge in [0.1, 0.15) is 6.61 Å². The molecule has 0 N–H and O–H groups in total. The van der Waals surface area contributed by atoms with E-state index < -0.39 is 0 Å². The molecule has 3 nitrogen and oxygen atoms in total. The minimum absolute atomic E-state index is 0.211. The van der Waals surface area contributed by atoms with E-state index in [9.17, 15) is 4.79 Å². The summed E-state index contributed by atoms with van der Waals surface area (Å²) in [6.07, 6.45) is 3.16. The van der Waals surface area contributed by atoms with Crippen LogP contribution in [0.25, 0.3) is 0 Å². The molecule has 0 atom stereocenters. The van der Waals surface area contributed by atoms with Crippen LogP contribution in [0, 0.1) is 5.92 Å². The van der Waals surface area contributed by atoms with Crippen molar-refractivity contribution in [3.63, 3.8) is 0 Å². The predicted octanol–water partition coefficient (Wildman–Crippen LogP) is 1.41. The largest absolute Gasteiger partial charge is 0.378 e. The van der Waals surface area contributed by atoms with Gasteiger partial charge in [0.25, 0.3) is 0 Å². The Morgan fingerprint density at radius 2 is 2.15 bits per heavy atom. The van der Waals surface area contributed by atoms with Crippen LogP contribution in [-0.4, -0.2) is 32.2 Å². The van der Waals surface area contributed by atoms with Gasteiger partial charge in [0.05, 0.1) is 6.10 Å². The Morgan fingerprint density at radius 1 is 1.46 bits per heavy atom. The maximum atomic E-state index is 11.1. The summed E-state index contributed by atoms with van der Waals surface area (Å²) in [4.78, 5) is 11.1. The van der Waals surface area contributed by atoms with Crippen LogP contribution >= 0.6 is 0 Å². The molecule has 0 aliphatic heterocycles. The number of Topliss-reactive ketones (excluding diaryl/α,β-unsaturated/α-hetero) is 1. The maximum Gasteiger partial charge on any atom is 0.158 e. The van der Waals surface area contributed by atoms with Crippen LogP contribution in [0.2, 0.25) is 0 Å². The lowest BCUT2D eigenvalue weighted by Crippen LogP contribution is -2.33. The van der Waals surface area contributed by atoms with Crippen LogP contribution in [0.15, 0.2) is 0 Å². The Morgan fingerprint density at radius 3 is 2.69 bits per heavy atom. The lowest BCUT2D eigenvalue weighted by Gasteiger charge is -2.34. The number of ether oxygens (including phenoxy) is 2. The quantitative estimate of drug-likeness (QED) is 0.629. The van der Waals surface area contributed by atoms with Gasteiger partial charge in [0.2, 0.25) is 0 Å². The summed E-state index contributed by atoms with van der Waals surface area (Å²) in [5.74, 6) is 0.752. The summed E-state index contributed by atoms with van der Waals surface area (Å²) in [6, 6.07) is 0. The smallest absolute Gasteiger partial charge is 0.158 e. The Balaban J connectivity index is 2.04. The molecule has 0 radical (unpaired) electrons. The van der Waals surface area contributed by atoms with Crippen molar-refractivity contribution in [2.75, 3.05) is 20.3 Å². The molecule has 76 valence electrons. The molecule has 13 heavy (non-hydrogen) atoms. The molecule has 0 amide bonds. The second-order valence-corrected chi connectivity index (χ2v) is 3.59. The average Bonchev–Trinajstić information content (AvgIpc) is 2.01. The van der Waals surface area contributed by atoms with Gasteiger partial charge in [-0.2, -0.15) is 0 Å². The summed E-state index contributed by atoms with van der Waals surface area (Å²) < 4.78 is 10.2. The fraction of sp³-hybridized carbons (Fsp3) is 0.900. The third-order valence-corrected chi connectivity index (χ3v) is 2.42. The summed E-state index contributed by atoms with van der Waals surface area (Å²) >= 11 is 0. The lowest BCUT2D eigenvalue weighted by molar-refractivity contribution is -0.125. The van der Waals surface area contributed by atoms with E-state index in [1.807, 2.05) is 6.92 Å². The minimum atomic E-state index is 0.211. The molecule has 1 fully saturated rings. The monoisotopic (exact) mass is 186 g/mol. The highest BCUT2D eigenvalue weighted by molar-refractivity contribution is 5.79. The van der Waals surface area contributed by atoms with Crippen molar-refractivity contribution in [1.29, 1.82) is 0 Å². The van der Waals surface area contributed by atoms with Gasteiger partial charge in [0, 0.05) is 20.1 Å². The zero-order valence-electron chi connectivity index (χ0n) is 8.41. The van der Waals surface area contributed by atoms with E-state index in [-0.39, 0.29) is 12.4 Å². The maximum absolute atomic E-state index is 11.1. The molecule has 1 aliphatic rings. The molecule has 0 aromatic heterocycles. The summed E-state index contributed by atoms with van der Waals surface area (Å²) in [5, 5.41) is 0. The van der Waals surface area contributed by atoms with Crippen molar-refractivity contribution >= 4 is 5.78 Å². The van der Waals surface area contributed by atoms with Crippen molar-refractivity contribution in [3.8, 4) is 0 Å². The number of carbonyl (C=O) groups excluding carboxylic acids is 1. The Labute approximate surface area is 79.4 Å². The molecule has 0 spiro atoms. The number of ketones is 1. The number of rotatable bonds is 6. The first-order chi connectivity index (χ1) is 6.26. The van der Waals surface area contributed by atoms with Gasteiger partial charge >= 0.3 is 0 Å². The number of carbonyl (C=O) groups is 1. The van der Waals surface area contributed by atoms with Crippen LogP contribution in [0.4, 0.5) is 0 Å². The molecule has 1 saturated carbocycles. The number of hydrogen-bond acceptors (Lipinski definition) is 3. The van der Waals surface area contributed by atoms with Gasteiger partial charge < -0.3 is 9.47 Å². The van der Waals surface area contributed by atoms with E-state index >= 15 is 0 Å². The van der Waals surface area contributed by atoms with Crippen molar-refractivity contribution < 1.29 is 14.3 Å². The van der Waals surface area contributed by atoms with Crippen LogP contribution in [0.3, 0.4) is 0 Å². The van der Waals surface area contributed by atoms with Crippen LogP contribution < -0.4 is 0 Å². The molecule has 0 unspecified atom stereocenters. The van der Waals surface area contributed by atoms with E-state index in [4.69, 9.17) is 9.47 Å². The zero-order valence-corrected chi connectivity index (χ0v) is 8.41. The minimum Gasteiger partial charge on any atom is -0.378 e. The number of methoxy groups -OCH3 is 1. The highest BCUT2D eigenvalue weighted by Crippen LogP contribution is 2.32. The standard InChI is InChI=1S/C10H18O3/c1-3-13-10-5-8(6-10)4-9(11)7-12-2/h8,10H,3-7H2,1-2H3. The first kappa shape index (κ1) is 10.7. The molecule has 1 aliphatic carbocycles. The van der Waals surface area contributed by atoms with Crippen molar-refractivity contribution in [1.82, 2.24) is 0 Å². The van der Waals surface area contributed by atoms with Crippen LogP contribution in [-0.2, 0) is 14.3 Å². The first-order valence-corrected chi connectivity index (χ1v) is 4.88. The third kappa shape index (κ3) is 3.44. The molecule has 0 bridgehead atoms. The second-order valence-electron chi connectivity index (χ2n) is 3.59. The van der Waals surface area contributed by atoms with E-state index in [0.29, 0.717) is 18.4 Å². The van der Waals surface area contributed by atoms with Gasteiger partial charge in [-0.05, 0) is 25.7 Å². The zero-order chi connectivity index (χ0) is 9.68. The highest BCUT2D eigenvalue weighted by atomic mass is 16.5. The van der Waals surface area contributed by atoms with Crippen molar-refractivity contribution in [2.45, 2.75) is 32.3 Å². The molecule has 3 heteroatoms. The SMILES string of the molecule is CCOC1CC(CC(=O)COC)C1. The number of hydrogen-bond donors (Lipinski definition) is 0. The third-order valence-electron chi connectivity index (χ3n) is 2.42. The van der Waals surface area contributed by atoms with Gasteiger partial charge in [-0.25, -0.2) is 0 Å². The topological polar surface area (TPSA) is 35.5 Å². The highest BCUT2D eigenvalue weighted by Gasteiger charge is 2.30. The van der Waals surface area contributed by atoms with Crippen LogP contribution in [0.1, 0.15) is 26.2 Å². The Hall–Kier alpha value is -0.410. The summed E-state index contributed by atoms with van der Waals surface area (Å²) in [6.45, 7) is 3.04. The molecular weight excluding hydrogens is 168 g/mol. The molecule has 0 saturated heterocycles. The van der Waals surface area contributed by atoms with Gasteiger partial charge in [0.15, 0.2) is 5.78 Å².